The van der Waals surface area contributed by atoms with Gasteiger partial charge in [-0.05, 0) is 52.2 Å². The highest BCUT2D eigenvalue weighted by atomic mass is 32.2. The van der Waals surface area contributed by atoms with Gasteiger partial charge in [-0.2, -0.15) is 4.31 Å². The highest BCUT2D eigenvalue weighted by Crippen LogP contribution is 2.27. The van der Waals surface area contributed by atoms with Gasteiger partial charge in [0, 0.05) is 36.8 Å². The molecule has 1 aliphatic heterocycles. The van der Waals surface area contributed by atoms with E-state index >= 15 is 0 Å². The minimum atomic E-state index is -3.70. The summed E-state index contributed by atoms with van der Waals surface area (Å²) in [6.07, 6.45) is 0.829. The number of aryl methyl sites for hydroxylation is 4. The number of amides is 1. The Bertz CT molecular complexity index is 1060. The molecule has 1 aliphatic rings. The molecular weight excluding hydrogens is 396 g/mol. The summed E-state index contributed by atoms with van der Waals surface area (Å²) >= 11 is 0. The number of rotatable bonds is 5. The van der Waals surface area contributed by atoms with Gasteiger partial charge in [0.25, 0.3) is 5.56 Å². The number of carbonyl (C=O) groups is 1. The molecular formula is C19H26N4O5S. The van der Waals surface area contributed by atoms with Crippen LogP contribution < -0.4 is 10.9 Å². The van der Waals surface area contributed by atoms with Crippen LogP contribution in [0.5, 0.6) is 0 Å². The fraction of sp³-hybridized carbons (Fsp3) is 0.526. The summed E-state index contributed by atoms with van der Waals surface area (Å²) in [4.78, 5) is 27.5. The van der Waals surface area contributed by atoms with Gasteiger partial charge in [0.05, 0.1) is 0 Å². The van der Waals surface area contributed by atoms with Gasteiger partial charge in [0.15, 0.2) is 5.76 Å². The molecule has 3 heterocycles. The number of hydrogen-bond acceptors (Lipinski definition) is 6. The van der Waals surface area contributed by atoms with Gasteiger partial charge in [-0.3, -0.25) is 9.59 Å². The van der Waals surface area contributed by atoms with E-state index in [0.29, 0.717) is 24.1 Å². The quantitative estimate of drug-likeness (QED) is 0.748. The lowest BCUT2D eigenvalue weighted by atomic mass is 9.97. The van der Waals surface area contributed by atoms with E-state index in [2.05, 4.69) is 15.5 Å². The Kier molecular flexibility index (Phi) is 5.95. The van der Waals surface area contributed by atoms with E-state index in [1.807, 2.05) is 13.0 Å². The number of sulfonamides is 1. The van der Waals surface area contributed by atoms with Crippen LogP contribution in [0.1, 0.15) is 41.1 Å². The standard InChI is InChI=1S/C19H26N4O5S/c1-11-9-12(2)21-19(25)16(11)10-20-18(24)15-5-7-23(8-6-15)29(26,27)17-13(3)22-28-14(17)4/h9,15H,5-8,10H2,1-4H3,(H,20,24)(H,21,25). The Morgan fingerprint density at radius 2 is 1.93 bits per heavy atom. The smallest absolute Gasteiger partial charge is 0.253 e. The lowest BCUT2D eigenvalue weighted by Gasteiger charge is -2.30. The zero-order chi connectivity index (χ0) is 21.3. The molecule has 0 atom stereocenters. The van der Waals surface area contributed by atoms with E-state index < -0.39 is 10.0 Å². The molecule has 0 radical (unpaired) electrons. The van der Waals surface area contributed by atoms with Crippen LogP contribution in [-0.4, -0.2) is 41.9 Å². The number of hydrogen-bond donors (Lipinski definition) is 2. The van der Waals surface area contributed by atoms with Crippen molar-refractivity contribution in [2.45, 2.75) is 52.0 Å². The maximum Gasteiger partial charge on any atom is 0.253 e. The van der Waals surface area contributed by atoms with E-state index in [0.717, 1.165) is 11.3 Å². The molecule has 0 spiro atoms. The first kappa shape index (κ1) is 21.3. The molecule has 1 fully saturated rings. The Morgan fingerprint density at radius 1 is 1.28 bits per heavy atom. The largest absolute Gasteiger partial charge is 0.360 e. The molecule has 0 aromatic carbocycles. The van der Waals surface area contributed by atoms with Gasteiger partial charge in [-0.1, -0.05) is 5.16 Å². The van der Waals surface area contributed by atoms with Gasteiger partial charge in [-0.15, -0.1) is 0 Å². The van der Waals surface area contributed by atoms with Gasteiger partial charge in [0.2, 0.25) is 15.9 Å². The molecule has 1 saturated heterocycles. The van der Waals surface area contributed by atoms with Gasteiger partial charge in [0.1, 0.15) is 10.6 Å². The maximum atomic E-state index is 12.9. The van der Waals surface area contributed by atoms with Crippen LogP contribution in [0, 0.1) is 33.6 Å². The first-order valence-electron chi connectivity index (χ1n) is 9.51. The monoisotopic (exact) mass is 422 g/mol. The third kappa shape index (κ3) is 4.27. The van der Waals surface area contributed by atoms with Crippen LogP contribution in [0.3, 0.4) is 0 Å². The summed E-state index contributed by atoms with van der Waals surface area (Å²) in [5.41, 5.74) is 2.26. The average molecular weight is 423 g/mol. The molecule has 2 N–H and O–H groups in total. The Hall–Kier alpha value is -2.46. The van der Waals surface area contributed by atoms with Crippen molar-refractivity contribution in [1.29, 1.82) is 0 Å². The van der Waals surface area contributed by atoms with Crippen LogP contribution in [0.4, 0.5) is 0 Å². The van der Waals surface area contributed by atoms with Crippen molar-refractivity contribution in [3.8, 4) is 0 Å². The molecule has 0 saturated carbocycles. The van der Waals surface area contributed by atoms with Crippen molar-refractivity contribution >= 4 is 15.9 Å². The fourth-order valence-corrected chi connectivity index (χ4v) is 5.51. The number of aromatic nitrogens is 2. The molecule has 0 aliphatic carbocycles. The number of nitrogens with one attached hydrogen (secondary N) is 2. The first-order valence-corrected chi connectivity index (χ1v) is 11.0. The summed E-state index contributed by atoms with van der Waals surface area (Å²) in [6, 6.07) is 1.86. The summed E-state index contributed by atoms with van der Waals surface area (Å²) < 4.78 is 32.1. The zero-order valence-corrected chi connectivity index (χ0v) is 17.9. The Labute approximate surface area is 169 Å². The third-order valence-electron chi connectivity index (χ3n) is 5.32. The van der Waals surface area contributed by atoms with Crippen molar-refractivity contribution in [2.24, 2.45) is 5.92 Å². The lowest BCUT2D eigenvalue weighted by Crippen LogP contribution is -2.43. The molecule has 2 aromatic rings. The number of nitrogens with zero attached hydrogens (tertiary/aromatic N) is 2. The minimum absolute atomic E-state index is 0.106. The molecule has 10 heteroatoms. The molecule has 29 heavy (non-hydrogen) atoms. The maximum absolute atomic E-state index is 12.9. The first-order chi connectivity index (χ1) is 13.6. The molecule has 158 valence electrons. The summed E-state index contributed by atoms with van der Waals surface area (Å²) in [7, 11) is -3.70. The number of piperidine rings is 1. The van der Waals surface area contributed by atoms with Crippen LogP contribution >= 0.6 is 0 Å². The highest BCUT2D eigenvalue weighted by molar-refractivity contribution is 7.89. The van der Waals surface area contributed by atoms with Crippen LogP contribution in [0.25, 0.3) is 0 Å². The van der Waals surface area contributed by atoms with E-state index in [9.17, 15) is 18.0 Å². The fourth-order valence-electron chi connectivity index (χ4n) is 3.75. The molecule has 0 unspecified atom stereocenters. The molecule has 0 bridgehead atoms. The van der Waals surface area contributed by atoms with E-state index in [1.54, 1.807) is 20.8 Å². The number of carbonyl (C=O) groups excluding carboxylic acids is 1. The predicted octanol–water partition coefficient (Wildman–Crippen LogP) is 1.31. The van der Waals surface area contributed by atoms with E-state index in [4.69, 9.17) is 4.52 Å². The normalized spacial score (nSPS) is 16.1. The van der Waals surface area contributed by atoms with Crippen molar-refractivity contribution < 1.29 is 17.7 Å². The minimum Gasteiger partial charge on any atom is -0.360 e. The SMILES string of the molecule is Cc1cc(C)c(CNC(=O)C2CCN(S(=O)(=O)c3c(C)noc3C)CC2)c(=O)[nH]1. The number of aromatic amines is 1. The average Bonchev–Trinajstić information content (AvgIpc) is 2.99. The zero-order valence-electron chi connectivity index (χ0n) is 17.0. The lowest BCUT2D eigenvalue weighted by molar-refractivity contribution is -0.126. The number of pyridine rings is 1. The van der Waals surface area contributed by atoms with Crippen LogP contribution in [0.2, 0.25) is 0 Å². The molecule has 9 nitrogen and oxygen atoms in total. The van der Waals surface area contributed by atoms with Gasteiger partial charge in [-0.25, -0.2) is 8.42 Å². The molecule has 1 amide bonds. The predicted molar refractivity (Wildman–Crippen MR) is 106 cm³/mol. The van der Waals surface area contributed by atoms with Crippen molar-refractivity contribution in [3.05, 3.63) is 44.7 Å². The second kappa shape index (κ2) is 8.11. The van der Waals surface area contributed by atoms with Crippen molar-refractivity contribution in [1.82, 2.24) is 19.8 Å². The van der Waals surface area contributed by atoms with Crippen molar-refractivity contribution in [3.63, 3.8) is 0 Å². The second-order valence-electron chi connectivity index (χ2n) is 7.49. The Balaban J connectivity index is 1.61. The van der Waals surface area contributed by atoms with E-state index in [1.165, 1.54) is 4.31 Å². The third-order valence-corrected chi connectivity index (χ3v) is 7.47. The molecule has 2 aromatic heterocycles. The summed E-state index contributed by atoms with van der Waals surface area (Å²) in [6.45, 7) is 7.45. The van der Waals surface area contributed by atoms with E-state index in [-0.39, 0.29) is 47.7 Å². The topological polar surface area (TPSA) is 125 Å². The van der Waals surface area contributed by atoms with Crippen LogP contribution in [0.15, 0.2) is 20.3 Å². The van der Waals surface area contributed by atoms with Crippen molar-refractivity contribution in [2.75, 3.05) is 13.1 Å². The van der Waals surface area contributed by atoms with Gasteiger partial charge >= 0.3 is 0 Å². The summed E-state index contributed by atoms with van der Waals surface area (Å²) in [5.74, 6) is -0.198. The number of H-pyrrole nitrogens is 1. The van der Waals surface area contributed by atoms with Crippen LogP contribution in [-0.2, 0) is 21.4 Å². The summed E-state index contributed by atoms with van der Waals surface area (Å²) in [5, 5.41) is 6.54. The van der Waals surface area contributed by atoms with Gasteiger partial charge < -0.3 is 14.8 Å². The second-order valence-corrected chi connectivity index (χ2v) is 9.37. The molecule has 3 rings (SSSR count). The highest BCUT2D eigenvalue weighted by Gasteiger charge is 2.35. The Morgan fingerprint density at radius 3 is 2.48 bits per heavy atom.